The van der Waals surface area contributed by atoms with Crippen molar-refractivity contribution in [3.63, 3.8) is 0 Å². The molecular formula is C33H40N2O. The van der Waals surface area contributed by atoms with E-state index < -0.39 is 0 Å². The topological polar surface area (TPSA) is 23.6 Å². The lowest BCUT2D eigenvalue weighted by Crippen LogP contribution is -2.52. The predicted molar refractivity (Wildman–Crippen MR) is 149 cm³/mol. The van der Waals surface area contributed by atoms with Crippen LogP contribution in [0.1, 0.15) is 73.3 Å². The van der Waals surface area contributed by atoms with Crippen molar-refractivity contribution in [2.45, 2.75) is 83.8 Å². The van der Waals surface area contributed by atoms with Crippen molar-refractivity contribution in [1.29, 1.82) is 0 Å². The minimum atomic E-state index is -0.0928. The molecule has 1 fully saturated rings. The van der Waals surface area contributed by atoms with E-state index in [4.69, 9.17) is 0 Å². The summed E-state index contributed by atoms with van der Waals surface area (Å²) in [5.41, 5.74) is 7.99. The van der Waals surface area contributed by atoms with E-state index in [2.05, 4.69) is 103 Å². The van der Waals surface area contributed by atoms with Crippen LogP contribution in [0.3, 0.4) is 0 Å². The number of rotatable bonds is 9. The Labute approximate surface area is 217 Å². The highest BCUT2D eigenvalue weighted by Gasteiger charge is 2.58. The van der Waals surface area contributed by atoms with Gasteiger partial charge in [0.1, 0.15) is 6.17 Å². The van der Waals surface area contributed by atoms with Gasteiger partial charge in [0.15, 0.2) is 0 Å². The molecule has 1 amide bonds. The number of hydrogen-bond donors (Lipinski definition) is 0. The van der Waals surface area contributed by atoms with Crippen molar-refractivity contribution < 1.29 is 4.79 Å². The number of unbranched alkanes of at least 4 members (excludes halogenated alkanes) is 3. The summed E-state index contributed by atoms with van der Waals surface area (Å²) in [7, 11) is 0. The molecule has 0 radical (unpaired) electrons. The van der Waals surface area contributed by atoms with Crippen LogP contribution in [0.5, 0.6) is 0 Å². The molecule has 0 spiro atoms. The number of anilines is 1. The summed E-state index contributed by atoms with van der Waals surface area (Å²) in [4.78, 5) is 18.5. The molecule has 2 heterocycles. The largest absolute Gasteiger partial charge is 0.346 e. The van der Waals surface area contributed by atoms with E-state index in [0.717, 1.165) is 38.8 Å². The van der Waals surface area contributed by atoms with Crippen molar-refractivity contribution in [2.75, 3.05) is 11.4 Å². The third-order valence-corrected chi connectivity index (χ3v) is 8.57. The summed E-state index contributed by atoms with van der Waals surface area (Å²) < 4.78 is 0. The minimum absolute atomic E-state index is 0.0489. The number of para-hydroxylation sites is 1. The molecule has 0 bridgehead atoms. The first-order valence-corrected chi connectivity index (χ1v) is 13.8. The van der Waals surface area contributed by atoms with Gasteiger partial charge in [0, 0.05) is 30.6 Å². The van der Waals surface area contributed by atoms with Gasteiger partial charge in [-0.25, -0.2) is 0 Å². The second-order valence-corrected chi connectivity index (χ2v) is 10.9. The van der Waals surface area contributed by atoms with Gasteiger partial charge in [-0.3, -0.25) is 4.79 Å². The van der Waals surface area contributed by atoms with Gasteiger partial charge in [-0.05, 0) is 67.0 Å². The number of amides is 1. The average Bonchev–Trinajstić information content (AvgIpc) is 3.38. The predicted octanol–water partition coefficient (Wildman–Crippen LogP) is 7.33. The normalized spacial score (nSPS) is 20.5. The number of nitrogens with zero attached hydrogens (tertiary/aromatic N) is 2. The summed E-state index contributed by atoms with van der Waals surface area (Å²) in [5.74, 6) is 0.324. The van der Waals surface area contributed by atoms with E-state index in [1.807, 2.05) is 0 Å². The number of benzene rings is 3. The molecule has 36 heavy (non-hydrogen) atoms. The number of hydrogen-bond acceptors (Lipinski definition) is 2. The van der Waals surface area contributed by atoms with Gasteiger partial charge >= 0.3 is 0 Å². The van der Waals surface area contributed by atoms with Gasteiger partial charge in [-0.15, -0.1) is 0 Å². The SMILES string of the molecule is CCCCCCC(=O)N1CCC2(Cc3ccccc3C)c3ccccc3N(Cc3ccccc3C)C12. The van der Waals surface area contributed by atoms with E-state index in [0.29, 0.717) is 12.3 Å². The molecule has 3 nitrogen and oxygen atoms in total. The van der Waals surface area contributed by atoms with E-state index in [1.54, 1.807) is 0 Å². The monoisotopic (exact) mass is 480 g/mol. The Morgan fingerprint density at radius 2 is 1.53 bits per heavy atom. The van der Waals surface area contributed by atoms with Crippen molar-refractivity contribution in [1.82, 2.24) is 4.90 Å². The number of aryl methyl sites for hydroxylation is 2. The molecule has 0 aromatic heterocycles. The Balaban J connectivity index is 1.56. The number of likely N-dealkylation sites (tertiary alicyclic amines) is 1. The molecule has 2 aliphatic heterocycles. The highest BCUT2D eigenvalue weighted by molar-refractivity contribution is 5.80. The average molecular weight is 481 g/mol. The van der Waals surface area contributed by atoms with Crippen molar-refractivity contribution in [3.8, 4) is 0 Å². The van der Waals surface area contributed by atoms with Crippen LogP contribution >= 0.6 is 0 Å². The smallest absolute Gasteiger partial charge is 0.224 e. The van der Waals surface area contributed by atoms with Crippen LogP contribution in [0.4, 0.5) is 5.69 Å². The summed E-state index contributed by atoms with van der Waals surface area (Å²) in [5, 5.41) is 0. The third-order valence-electron chi connectivity index (χ3n) is 8.57. The quantitative estimate of drug-likeness (QED) is 0.299. The van der Waals surface area contributed by atoms with Gasteiger partial charge in [0.05, 0.1) is 0 Å². The maximum atomic E-state index is 13.7. The first-order chi connectivity index (χ1) is 17.5. The summed E-state index contributed by atoms with van der Waals surface area (Å²) in [6.45, 7) is 8.30. The molecule has 0 aliphatic carbocycles. The van der Waals surface area contributed by atoms with Gasteiger partial charge in [-0.1, -0.05) is 92.9 Å². The maximum Gasteiger partial charge on any atom is 0.224 e. The zero-order valence-electron chi connectivity index (χ0n) is 22.2. The number of fused-ring (bicyclic) bond motifs is 3. The Bertz CT molecular complexity index is 1220. The Morgan fingerprint density at radius 3 is 2.25 bits per heavy atom. The van der Waals surface area contributed by atoms with Crippen LogP contribution in [-0.4, -0.2) is 23.5 Å². The van der Waals surface area contributed by atoms with Crippen molar-refractivity contribution in [2.24, 2.45) is 0 Å². The summed E-state index contributed by atoms with van der Waals surface area (Å²) >= 11 is 0. The van der Waals surface area contributed by atoms with E-state index in [1.165, 1.54) is 46.3 Å². The van der Waals surface area contributed by atoms with Crippen molar-refractivity contribution in [3.05, 3.63) is 101 Å². The molecule has 0 N–H and O–H groups in total. The van der Waals surface area contributed by atoms with Crippen LogP contribution in [0.25, 0.3) is 0 Å². The molecule has 2 atom stereocenters. The van der Waals surface area contributed by atoms with Gasteiger partial charge < -0.3 is 9.80 Å². The molecular weight excluding hydrogens is 440 g/mol. The van der Waals surface area contributed by atoms with Crippen LogP contribution < -0.4 is 4.90 Å². The highest BCUT2D eigenvalue weighted by Crippen LogP contribution is 2.54. The fourth-order valence-corrected chi connectivity index (χ4v) is 6.56. The Kier molecular flexibility index (Phi) is 7.18. The Morgan fingerprint density at radius 1 is 0.861 bits per heavy atom. The minimum Gasteiger partial charge on any atom is -0.346 e. The Hall–Kier alpha value is -3.07. The highest BCUT2D eigenvalue weighted by atomic mass is 16.2. The molecule has 0 saturated carbocycles. The van der Waals surface area contributed by atoms with Crippen LogP contribution in [-0.2, 0) is 23.2 Å². The zero-order chi connectivity index (χ0) is 25.1. The van der Waals surface area contributed by atoms with Crippen LogP contribution in [0.2, 0.25) is 0 Å². The van der Waals surface area contributed by atoms with Gasteiger partial charge in [0.25, 0.3) is 0 Å². The molecule has 2 aliphatic rings. The molecule has 1 saturated heterocycles. The second kappa shape index (κ2) is 10.5. The first-order valence-electron chi connectivity index (χ1n) is 13.8. The molecule has 3 aromatic rings. The summed E-state index contributed by atoms with van der Waals surface area (Å²) in [6.07, 6.45) is 7.21. The molecule has 188 valence electrons. The van der Waals surface area contributed by atoms with Crippen LogP contribution in [0.15, 0.2) is 72.8 Å². The lowest BCUT2D eigenvalue weighted by atomic mass is 9.73. The van der Waals surface area contributed by atoms with E-state index in [9.17, 15) is 4.79 Å². The number of carbonyl (C=O) groups excluding carboxylic acids is 1. The standard InChI is InChI=1S/C33H40N2O/c1-4-5-6-7-20-31(36)34-22-21-33(23-27-16-10-8-14-25(27)2)29-18-12-13-19-30(29)35(32(33)34)24-28-17-11-9-15-26(28)3/h8-19,32H,4-7,20-24H2,1-3H3. The molecule has 5 rings (SSSR count). The maximum absolute atomic E-state index is 13.7. The van der Waals surface area contributed by atoms with Gasteiger partial charge in [-0.2, -0.15) is 0 Å². The third kappa shape index (κ3) is 4.45. The number of carbonyl (C=O) groups is 1. The van der Waals surface area contributed by atoms with Crippen LogP contribution in [0, 0.1) is 13.8 Å². The van der Waals surface area contributed by atoms with E-state index >= 15 is 0 Å². The molecule has 2 unspecified atom stereocenters. The first kappa shape index (κ1) is 24.6. The molecule has 3 aromatic carbocycles. The van der Waals surface area contributed by atoms with Crippen molar-refractivity contribution >= 4 is 11.6 Å². The zero-order valence-corrected chi connectivity index (χ0v) is 22.2. The van der Waals surface area contributed by atoms with E-state index in [-0.39, 0.29) is 11.6 Å². The van der Waals surface area contributed by atoms with Gasteiger partial charge in [0.2, 0.25) is 5.91 Å². The molecule has 3 heteroatoms. The lowest BCUT2D eigenvalue weighted by Gasteiger charge is -2.39. The fourth-order valence-electron chi connectivity index (χ4n) is 6.56. The summed E-state index contributed by atoms with van der Waals surface area (Å²) in [6, 6.07) is 26.4. The fraction of sp³-hybridized carbons (Fsp3) is 0.424. The lowest BCUT2D eigenvalue weighted by molar-refractivity contribution is -0.132. The second-order valence-electron chi connectivity index (χ2n) is 10.9.